The molecule has 2 rings (SSSR count). The summed E-state index contributed by atoms with van der Waals surface area (Å²) in [5.41, 5.74) is 2.91. The van der Waals surface area contributed by atoms with Gasteiger partial charge in [0.1, 0.15) is 11.4 Å². The van der Waals surface area contributed by atoms with Gasteiger partial charge in [-0.1, -0.05) is 31.4 Å². The van der Waals surface area contributed by atoms with Crippen molar-refractivity contribution in [2.45, 2.75) is 33.1 Å². The Labute approximate surface area is 153 Å². The Bertz CT molecular complexity index is 717. The first-order chi connectivity index (χ1) is 12.0. The highest BCUT2D eigenvalue weighted by Gasteiger charge is 2.09. The molecular formula is C19H24ClN3O2. The average Bonchev–Trinajstić information content (AvgIpc) is 2.62. The predicted octanol–water partition coefficient (Wildman–Crippen LogP) is 4.72. The Balaban J connectivity index is 2.03. The molecular weight excluding hydrogens is 338 g/mol. The molecule has 0 fully saturated rings. The minimum atomic E-state index is -0.150. The van der Waals surface area contributed by atoms with Crippen molar-refractivity contribution in [3.63, 3.8) is 0 Å². The second kappa shape index (κ2) is 9.28. The molecule has 6 heteroatoms. The van der Waals surface area contributed by atoms with E-state index in [9.17, 15) is 4.79 Å². The summed E-state index contributed by atoms with van der Waals surface area (Å²) in [6.45, 7) is 4.74. The normalized spacial score (nSPS) is 10.4. The van der Waals surface area contributed by atoms with Gasteiger partial charge in [-0.25, -0.2) is 4.98 Å². The SMILES string of the molecule is CCCCCNC(=O)c1ccc(Nc2cc(C)c(Cl)cc2OC)cn1. The van der Waals surface area contributed by atoms with Gasteiger partial charge in [-0.2, -0.15) is 0 Å². The lowest BCUT2D eigenvalue weighted by Crippen LogP contribution is -2.25. The summed E-state index contributed by atoms with van der Waals surface area (Å²) in [5.74, 6) is 0.496. The topological polar surface area (TPSA) is 63.2 Å². The molecule has 0 aliphatic carbocycles. The highest BCUT2D eigenvalue weighted by Crippen LogP contribution is 2.32. The minimum Gasteiger partial charge on any atom is -0.495 e. The Morgan fingerprint density at radius 1 is 1.28 bits per heavy atom. The molecule has 1 aromatic carbocycles. The zero-order valence-corrected chi connectivity index (χ0v) is 15.6. The molecule has 0 aliphatic rings. The fourth-order valence-electron chi connectivity index (χ4n) is 2.35. The van der Waals surface area contributed by atoms with Crippen molar-refractivity contribution >= 4 is 28.9 Å². The van der Waals surface area contributed by atoms with Gasteiger partial charge in [-0.05, 0) is 37.1 Å². The number of nitrogens with zero attached hydrogens (tertiary/aromatic N) is 1. The average molecular weight is 362 g/mol. The molecule has 0 bridgehead atoms. The Hall–Kier alpha value is -2.27. The van der Waals surface area contributed by atoms with E-state index >= 15 is 0 Å². The number of anilines is 2. The summed E-state index contributed by atoms with van der Waals surface area (Å²) in [5, 5.41) is 6.77. The van der Waals surface area contributed by atoms with Crippen molar-refractivity contribution in [3.05, 3.63) is 46.7 Å². The summed E-state index contributed by atoms with van der Waals surface area (Å²) in [7, 11) is 1.59. The van der Waals surface area contributed by atoms with Crippen LogP contribution in [0, 0.1) is 6.92 Å². The summed E-state index contributed by atoms with van der Waals surface area (Å²) < 4.78 is 5.35. The molecule has 0 aliphatic heterocycles. The van der Waals surface area contributed by atoms with Crippen LogP contribution in [0.4, 0.5) is 11.4 Å². The number of halogens is 1. The molecule has 1 aromatic heterocycles. The standard InChI is InChI=1S/C19H24ClN3O2/c1-4-5-6-9-21-19(24)16-8-7-14(12-22-16)23-17-10-13(2)15(20)11-18(17)25-3/h7-8,10-12,23H,4-6,9H2,1-3H3,(H,21,24). The van der Waals surface area contributed by atoms with Crippen LogP contribution in [0.3, 0.4) is 0 Å². The van der Waals surface area contributed by atoms with Crippen molar-refractivity contribution in [1.29, 1.82) is 0 Å². The van der Waals surface area contributed by atoms with Gasteiger partial charge in [-0.3, -0.25) is 4.79 Å². The minimum absolute atomic E-state index is 0.150. The van der Waals surface area contributed by atoms with E-state index in [0.717, 1.165) is 36.2 Å². The van der Waals surface area contributed by atoms with E-state index in [0.29, 0.717) is 23.0 Å². The number of unbranched alkanes of at least 4 members (excludes halogenated alkanes) is 2. The van der Waals surface area contributed by atoms with E-state index in [1.807, 2.05) is 19.1 Å². The Morgan fingerprint density at radius 2 is 2.08 bits per heavy atom. The number of aryl methyl sites for hydroxylation is 1. The number of carbonyl (C=O) groups is 1. The van der Waals surface area contributed by atoms with Crippen LogP contribution in [0.1, 0.15) is 42.2 Å². The lowest BCUT2D eigenvalue weighted by molar-refractivity contribution is 0.0948. The van der Waals surface area contributed by atoms with Crippen molar-refractivity contribution in [3.8, 4) is 5.75 Å². The lowest BCUT2D eigenvalue weighted by Gasteiger charge is -2.13. The molecule has 134 valence electrons. The first-order valence-corrected chi connectivity index (χ1v) is 8.78. The molecule has 2 N–H and O–H groups in total. The number of methoxy groups -OCH3 is 1. The van der Waals surface area contributed by atoms with E-state index < -0.39 is 0 Å². The third-order valence-corrected chi connectivity index (χ3v) is 4.23. The van der Waals surface area contributed by atoms with Crippen LogP contribution in [0.2, 0.25) is 5.02 Å². The maximum atomic E-state index is 12.0. The predicted molar refractivity (Wildman–Crippen MR) is 102 cm³/mol. The van der Waals surface area contributed by atoms with Crippen LogP contribution < -0.4 is 15.4 Å². The summed E-state index contributed by atoms with van der Waals surface area (Å²) in [6.07, 6.45) is 4.85. The van der Waals surface area contributed by atoms with Crippen molar-refractivity contribution < 1.29 is 9.53 Å². The van der Waals surface area contributed by atoms with Crippen molar-refractivity contribution in [1.82, 2.24) is 10.3 Å². The van der Waals surface area contributed by atoms with Crippen LogP contribution >= 0.6 is 11.6 Å². The fraction of sp³-hybridized carbons (Fsp3) is 0.368. The summed E-state index contributed by atoms with van der Waals surface area (Å²) in [4.78, 5) is 16.3. The maximum absolute atomic E-state index is 12.0. The number of hydrogen-bond donors (Lipinski definition) is 2. The van der Waals surface area contributed by atoms with Gasteiger partial charge in [0.25, 0.3) is 5.91 Å². The summed E-state index contributed by atoms with van der Waals surface area (Å²) in [6, 6.07) is 7.20. The van der Waals surface area contributed by atoms with Gasteiger partial charge in [0, 0.05) is 17.6 Å². The molecule has 2 aromatic rings. The number of carbonyl (C=O) groups excluding carboxylic acids is 1. The number of ether oxygens (including phenoxy) is 1. The quantitative estimate of drug-likeness (QED) is 0.668. The van der Waals surface area contributed by atoms with Gasteiger partial charge in [-0.15, -0.1) is 0 Å². The first-order valence-electron chi connectivity index (χ1n) is 8.40. The fourth-order valence-corrected chi connectivity index (χ4v) is 2.51. The Kier molecular flexibility index (Phi) is 7.07. The second-order valence-corrected chi connectivity index (χ2v) is 6.23. The van der Waals surface area contributed by atoms with Gasteiger partial charge in [0.05, 0.1) is 24.7 Å². The molecule has 1 amide bonds. The van der Waals surface area contributed by atoms with Gasteiger partial charge >= 0.3 is 0 Å². The highest BCUT2D eigenvalue weighted by molar-refractivity contribution is 6.31. The second-order valence-electron chi connectivity index (χ2n) is 5.82. The third kappa shape index (κ3) is 5.36. The van der Waals surface area contributed by atoms with E-state index in [1.54, 1.807) is 25.4 Å². The van der Waals surface area contributed by atoms with Gasteiger partial charge in [0.15, 0.2) is 0 Å². The molecule has 1 heterocycles. The molecule has 25 heavy (non-hydrogen) atoms. The van der Waals surface area contributed by atoms with E-state index in [-0.39, 0.29) is 5.91 Å². The number of amides is 1. The number of benzene rings is 1. The molecule has 0 saturated heterocycles. The van der Waals surface area contributed by atoms with Crippen LogP contribution in [-0.4, -0.2) is 24.5 Å². The third-order valence-electron chi connectivity index (χ3n) is 3.82. The number of hydrogen-bond acceptors (Lipinski definition) is 4. The smallest absolute Gasteiger partial charge is 0.269 e. The van der Waals surface area contributed by atoms with Crippen LogP contribution in [0.15, 0.2) is 30.5 Å². The monoisotopic (exact) mass is 361 g/mol. The highest BCUT2D eigenvalue weighted by atomic mass is 35.5. The number of rotatable bonds is 8. The van der Waals surface area contributed by atoms with Crippen molar-refractivity contribution in [2.24, 2.45) is 0 Å². The Morgan fingerprint density at radius 3 is 2.72 bits per heavy atom. The molecule has 0 spiro atoms. The number of pyridine rings is 1. The van der Waals surface area contributed by atoms with Gasteiger partial charge < -0.3 is 15.4 Å². The molecule has 5 nitrogen and oxygen atoms in total. The van der Waals surface area contributed by atoms with Crippen LogP contribution in [-0.2, 0) is 0 Å². The number of nitrogens with one attached hydrogen (secondary N) is 2. The lowest BCUT2D eigenvalue weighted by atomic mass is 10.2. The maximum Gasteiger partial charge on any atom is 0.269 e. The molecule has 0 radical (unpaired) electrons. The largest absolute Gasteiger partial charge is 0.495 e. The van der Waals surface area contributed by atoms with E-state index in [2.05, 4.69) is 22.5 Å². The van der Waals surface area contributed by atoms with Crippen LogP contribution in [0.5, 0.6) is 5.75 Å². The zero-order valence-electron chi connectivity index (χ0n) is 14.9. The molecule has 0 saturated carbocycles. The first kappa shape index (κ1) is 19.1. The summed E-state index contributed by atoms with van der Waals surface area (Å²) >= 11 is 6.12. The number of aromatic nitrogens is 1. The zero-order chi connectivity index (χ0) is 18.2. The molecule has 0 atom stereocenters. The van der Waals surface area contributed by atoms with E-state index in [4.69, 9.17) is 16.3 Å². The van der Waals surface area contributed by atoms with Gasteiger partial charge in [0.2, 0.25) is 0 Å². The van der Waals surface area contributed by atoms with Crippen LogP contribution in [0.25, 0.3) is 0 Å². The molecule has 0 unspecified atom stereocenters. The van der Waals surface area contributed by atoms with E-state index in [1.165, 1.54) is 0 Å². The van der Waals surface area contributed by atoms with Crippen molar-refractivity contribution in [2.75, 3.05) is 19.0 Å².